The number of amides is 1. The van der Waals surface area contributed by atoms with E-state index in [2.05, 4.69) is 10.1 Å². The lowest BCUT2D eigenvalue weighted by Crippen LogP contribution is -2.40. The van der Waals surface area contributed by atoms with Gasteiger partial charge in [0.1, 0.15) is 0 Å². The molecule has 1 fully saturated rings. The molecule has 112 valence electrons. The third kappa shape index (κ3) is 5.37. The van der Waals surface area contributed by atoms with Gasteiger partial charge in [0.15, 0.2) is 0 Å². The van der Waals surface area contributed by atoms with Crippen molar-refractivity contribution >= 4 is 24.3 Å². The van der Waals surface area contributed by atoms with Gasteiger partial charge in [-0.05, 0) is 32.6 Å². The molecule has 5 nitrogen and oxygen atoms in total. The van der Waals surface area contributed by atoms with Crippen LogP contribution in [0.4, 0.5) is 0 Å². The van der Waals surface area contributed by atoms with E-state index in [0.29, 0.717) is 13.0 Å². The lowest BCUT2D eigenvalue weighted by Gasteiger charge is -2.22. The first kappa shape index (κ1) is 18.2. The van der Waals surface area contributed by atoms with Crippen molar-refractivity contribution in [2.45, 2.75) is 45.6 Å². The minimum Gasteiger partial charge on any atom is -0.469 e. The number of carbonyl (C=O) groups is 2. The van der Waals surface area contributed by atoms with Gasteiger partial charge in [0.25, 0.3) is 0 Å². The van der Waals surface area contributed by atoms with Gasteiger partial charge >= 0.3 is 5.97 Å². The van der Waals surface area contributed by atoms with E-state index in [4.69, 9.17) is 5.73 Å². The Balaban J connectivity index is 0.00000324. The third-order valence-corrected chi connectivity index (χ3v) is 3.63. The van der Waals surface area contributed by atoms with E-state index in [9.17, 15) is 9.59 Å². The molecular weight excluding hydrogens is 268 g/mol. The highest BCUT2D eigenvalue weighted by molar-refractivity contribution is 5.85. The lowest BCUT2D eigenvalue weighted by molar-refractivity contribution is -0.150. The van der Waals surface area contributed by atoms with Gasteiger partial charge in [-0.1, -0.05) is 6.42 Å². The molecule has 0 radical (unpaired) electrons. The van der Waals surface area contributed by atoms with Crippen LogP contribution in [0.25, 0.3) is 0 Å². The predicted octanol–water partition coefficient (Wildman–Crippen LogP) is 1.24. The molecule has 1 aliphatic carbocycles. The summed E-state index contributed by atoms with van der Waals surface area (Å²) in [5.41, 5.74) is 5.23. The summed E-state index contributed by atoms with van der Waals surface area (Å²) in [5.74, 6) is -0.0686. The smallest absolute Gasteiger partial charge is 0.313 e. The van der Waals surface area contributed by atoms with E-state index in [-0.39, 0.29) is 36.2 Å². The van der Waals surface area contributed by atoms with Crippen LogP contribution in [-0.4, -0.2) is 31.6 Å². The van der Waals surface area contributed by atoms with Crippen LogP contribution in [0, 0.1) is 11.3 Å². The van der Waals surface area contributed by atoms with Crippen LogP contribution >= 0.6 is 12.4 Å². The van der Waals surface area contributed by atoms with Gasteiger partial charge in [0.05, 0.1) is 12.5 Å². The number of nitrogens with two attached hydrogens (primary N) is 1. The fraction of sp³-hybridized carbons (Fsp3) is 0.846. The fourth-order valence-electron chi connectivity index (χ4n) is 2.30. The number of hydrogen-bond donors (Lipinski definition) is 2. The molecule has 3 N–H and O–H groups in total. The van der Waals surface area contributed by atoms with Gasteiger partial charge in [0.2, 0.25) is 5.91 Å². The van der Waals surface area contributed by atoms with E-state index in [1.165, 1.54) is 7.11 Å². The SMILES string of the molecule is COC(=O)C(C)(C)CNC(=O)C[C@@H]1CCC[C@H]1N.Cl. The van der Waals surface area contributed by atoms with Gasteiger partial charge in [-0.25, -0.2) is 0 Å². The van der Waals surface area contributed by atoms with Gasteiger partial charge < -0.3 is 15.8 Å². The first-order chi connectivity index (χ1) is 8.36. The standard InChI is InChI=1S/C13H24N2O3.ClH/c1-13(2,12(17)18-3)8-15-11(16)7-9-5-4-6-10(9)14;/h9-10H,4-8,14H2,1-3H3,(H,15,16);1H/t9-,10+;/m0./s1. The second kappa shape index (κ2) is 7.70. The van der Waals surface area contributed by atoms with Crippen molar-refractivity contribution < 1.29 is 14.3 Å². The number of hydrogen-bond acceptors (Lipinski definition) is 4. The number of ether oxygens (including phenoxy) is 1. The van der Waals surface area contributed by atoms with Crippen LogP contribution in [-0.2, 0) is 14.3 Å². The summed E-state index contributed by atoms with van der Waals surface area (Å²) < 4.78 is 4.69. The molecule has 1 saturated carbocycles. The zero-order valence-corrected chi connectivity index (χ0v) is 12.7. The summed E-state index contributed by atoms with van der Waals surface area (Å²) in [6.07, 6.45) is 3.59. The molecule has 0 aliphatic heterocycles. The van der Waals surface area contributed by atoms with Crippen molar-refractivity contribution in [3.05, 3.63) is 0 Å². The fourth-order valence-corrected chi connectivity index (χ4v) is 2.30. The van der Waals surface area contributed by atoms with Crippen LogP contribution in [0.2, 0.25) is 0 Å². The van der Waals surface area contributed by atoms with E-state index < -0.39 is 5.41 Å². The molecule has 0 unspecified atom stereocenters. The van der Waals surface area contributed by atoms with Gasteiger partial charge in [-0.2, -0.15) is 0 Å². The molecule has 19 heavy (non-hydrogen) atoms. The molecule has 1 rings (SSSR count). The molecule has 0 spiro atoms. The van der Waals surface area contributed by atoms with E-state index in [1.807, 2.05) is 0 Å². The largest absolute Gasteiger partial charge is 0.469 e. The molecular formula is C13H25ClN2O3. The van der Waals surface area contributed by atoms with E-state index in [1.54, 1.807) is 13.8 Å². The first-order valence-corrected chi connectivity index (χ1v) is 6.47. The summed E-state index contributed by atoms with van der Waals surface area (Å²) in [7, 11) is 1.35. The second-order valence-electron chi connectivity index (χ2n) is 5.71. The first-order valence-electron chi connectivity index (χ1n) is 6.47. The summed E-state index contributed by atoms with van der Waals surface area (Å²) >= 11 is 0. The van der Waals surface area contributed by atoms with Gasteiger partial charge in [0, 0.05) is 19.0 Å². The Kier molecular flexibility index (Phi) is 7.37. The zero-order chi connectivity index (χ0) is 13.8. The molecule has 0 aromatic carbocycles. The number of carbonyl (C=O) groups excluding carboxylic acids is 2. The average Bonchev–Trinajstić information content (AvgIpc) is 2.71. The van der Waals surface area contributed by atoms with Crippen LogP contribution < -0.4 is 11.1 Å². The minimum absolute atomic E-state index is 0. The van der Waals surface area contributed by atoms with Crippen molar-refractivity contribution in [1.29, 1.82) is 0 Å². The normalized spacial score (nSPS) is 22.5. The van der Waals surface area contributed by atoms with Crippen molar-refractivity contribution in [2.24, 2.45) is 17.1 Å². The molecule has 1 aliphatic rings. The molecule has 1 amide bonds. The van der Waals surface area contributed by atoms with Crippen LogP contribution in [0.1, 0.15) is 39.5 Å². The number of rotatable bonds is 5. The van der Waals surface area contributed by atoms with Gasteiger partial charge in [-0.3, -0.25) is 9.59 Å². The maximum Gasteiger partial charge on any atom is 0.313 e. The maximum absolute atomic E-state index is 11.8. The molecule has 0 aromatic heterocycles. The summed E-state index contributed by atoms with van der Waals surface area (Å²) in [4.78, 5) is 23.2. The predicted molar refractivity (Wildman–Crippen MR) is 76.0 cm³/mol. The molecule has 0 bridgehead atoms. The van der Waals surface area contributed by atoms with Crippen molar-refractivity contribution in [3.63, 3.8) is 0 Å². The minimum atomic E-state index is -0.692. The lowest BCUT2D eigenvalue weighted by atomic mass is 9.93. The molecule has 0 heterocycles. The van der Waals surface area contributed by atoms with Crippen LogP contribution in [0.3, 0.4) is 0 Å². The van der Waals surface area contributed by atoms with E-state index in [0.717, 1.165) is 19.3 Å². The second-order valence-corrected chi connectivity index (χ2v) is 5.71. The Bertz CT molecular complexity index is 321. The molecule has 0 aromatic rings. The van der Waals surface area contributed by atoms with Crippen LogP contribution in [0.15, 0.2) is 0 Å². The highest BCUT2D eigenvalue weighted by Gasteiger charge is 2.30. The average molecular weight is 293 g/mol. The number of nitrogens with one attached hydrogen (secondary N) is 1. The van der Waals surface area contributed by atoms with Crippen LogP contribution in [0.5, 0.6) is 0 Å². The molecule has 0 saturated heterocycles. The van der Waals surface area contributed by atoms with E-state index >= 15 is 0 Å². The quantitative estimate of drug-likeness (QED) is 0.747. The Morgan fingerprint density at radius 3 is 2.47 bits per heavy atom. The molecule has 6 heteroatoms. The number of halogens is 1. The zero-order valence-electron chi connectivity index (χ0n) is 11.9. The summed E-state index contributed by atoms with van der Waals surface area (Å²) in [6, 6.07) is 0.143. The van der Waals surface area contributed by atoms with Crippen molar-refractivity contribution in [1.82, 2.24) is 5.32 Å². The number of esters is 1. The van der Waals surface area contributed by atoms with Crippen molar-refractivity contribution in [2.75, 3.05) is 13.7 Å². The Hall–Kier alpha value is -0.810. The Labute approximate surface area is 121 Å². The Morgan fingerprint density at radius 1 is 1.37 bits per heavy atom. The monoisotopic (exact) mass is 292 g/mol. The third-order valence-electron chi connectivity index (χ3n) is 3.63. The maximum atomic E-state index is 11.8. The highest BCUT2D eigenvalue weighted by atomic mass is 35.5. The number of methoxy groups -OCH3 is 1. The molecule has 2 atom stereocenters. The summed E-state index contributed by atoms with van der Waals surface area (Å²) in [6.45, 7) is 3.79. The van der Waals surface area contributed by atoms with Crippen molar-refractivity contribution in [3.8, 4) is 0 Å². The topological polar surface area (TPSA) is 81.4 Å². The Morgan fingerprint density at radius 2 is 2.00 bits per heavy atom. The van der Waals surface area contributed by atoms with Gasteiger partial charge in [-0.15, -0.1) is 12.4 Å². The summed E-state index contributed by atoms with van der Waals surface area (Å²) in [5, 5.41) is 2.79. The highest BCUT2D eigenvalue weighted by Crippen LogP contribution is 2.26.